The molecule has 5 nitrogen and oxygen atoms in total. The fourth-order valence-electron chi connectivity index (χ4n) is 4.01. The minimum Gasteiger partial charge on any atom is -0.336 e. The van der Waals surface area contributed by atoms with Gasteiger partial charge in [-0.15, -0.1) is 0 Å². The molecular weight excluding hydrogens is 312 g/mol. The third-order valence-electron chi connectivity index (χ3n) is 5.67. The average Bonchev–Trinajstić information content (AvgIpc) is 3.36. The highest BCUT2D eigenvalue weighted by molar-refractivity contribution is 6.04. The van der Waals surface area contributed by atoms with Gasteiger partial charge in [0.1, 0.15) is 0 Å². The predicted molar refractivity (Wildman–Crippen MR) is 99.5 cm³/mol. The van der Waals surface area contributed by atoms with Crippen LogP contribution >= 0.6 is 0 Å². The first-order valence-corrected chi connectivity index (χ1v) is 9.60. The molecule has 0 spiro atoms. The number of amides is 1. The molecule has 0 unspecified atom stereocenters. The van der Waals surface area contributed by atoms with E-state index in [1.807, 2.05) is 29.2 Å². The van der Waals surface area contributed by atoms with Crippen LogP contribution in [0.4, 0.5) is 0 Å². The smallest absolute Gasteiger partial charge is 0.275 e. The number of benzene rings is 1. The van der Waals surface area contributed by atoms with Gasteiger partial charge in [-0.3, -0.25) is 14.8 Å². The molecule has 4 rings (SSSR count). The van der Waals surface area contributed by atoms with Crippen LogP contribution in [0.1, 0.15) is 43.6 Å². The lowest BCUT2D eigenvalue weighted by atomic mass is 10.0. The molecule has 2 fully saturated rings. The maximum absolute atomic E-state index is 13.2. The number of aromatic nitrogens is 2. The van der Waals surface area contributed by atoms with Gasteiger partial charge in [0, 0.05) is 37.6 Å². The van der Waals surface area contributed by atoms with Crippen molar-refractivity contribution in [1.82, 2.24) is 20.0 Å². The predicted octanol–water partition coefficient (Wildman–Crippen LogP) is 3.15. The molecule has 1 saturated carbocycles. The Balaban J connectivity index is 1.55. The second kappa shape index (κ2) is 6.79. The molecule has 1 aromatic carbocycles. The fraction of sp³-hybridized carbons (Fsp3) is 0.600. The summed E-state index contributed by atoms with van der Waals surface area (Å²) in [6, 6.07) is 8.31. The zero-order chi connectivity index (χ0) is 17.4. The number of nitrogens with one attached hydrogen (secondary N) is 1. The molecule has 1 N–H and O–H groups in total. The van der Waals surface area contributed by atoms with Crippen LogP contribution in [0.2, 0.25) is 0 Å². The molecule has 0 radical (unpaired) electrons. The first kappa shape index (κ1) is 16.6. The van der Waals surface area contributed by atoms with Crippen LogP contribution in [0.5, 0.6) is 0 Å². The number of carbonyl (C=O) groups excluding carboxylic acids is 1. The lowest BCUT2D eigenvalue weighted by Crippen LogP contribution is -2.46. The summed E-state index contributed by atoms with van der Waals surface area (Å²) in [6.45, 7) is 8.50. The number of rotatable bonds is 4. The zero-order valence-electron chi connectivity index (χ0n) is 15.2. The average molecular weight is 340 g/mol. The summed E-state index contributed by atoms with van der Waals surface area (Å²) < 4.78 is 0. The van der Waals surface area contributed by atoms with E-state index in [0.717, 1.165) is 42.9 Å². The van der Waals surface area contributed by atoms with E-state index >= 15 is 0 Å². The Morgan fingerprint density at radius 1 is 1.28 bits per heavy atom. The minimum absolute atomic E-state index is 0.0661. The molecule has 2 heterocycles. The van der Waals surface area contributed by atoms with Crippen LogP contribution in [-0.2, 0) is 0 Å². The Labute approximate surface area is 149 Å². The number of hydrogen-bond acceptors (Lipinski definition) is 3. The lowest BCUT2D eigenvalue weighted by molar-refractivity contribution is 0.0700. The van der Waals surface area contributed by atoms with Crippen LogP contribution in [0.15, 0.2) is 24.3 Å². The number of hydrogen-bond donors (Lipinski definition) is 1. The SMILES string of the molecule is CC(C)[C@@H]1CN(C(=O)c2n[nH]c3ccccc23)CCCN1CC1CC1. The summed E-state index contributed by atoms with van der Waals surface area (Å²) in [5.74, 6) is 1.50. The molecular formula is C20H28N4O. The molecule has 25 heavy (non-hydrogen) atoms. The standard InChI is InChI=1S/C20H28N4O/c1-14(2)18-13-24(11-5-10-23(18)12-15-8-9-15)20(25)19-16-6-3-4-7-17(16)21-22-19/h3-4,6-7,14-15,18H,5,8-13H2,1-2H3,(H,21,22)/t18-/m0/s1. The van der Waals surface area contributed by atoms with Crippen LogP contribution in [0, 0.1) is 11.8 Å². The van der Waals surface area contributed by atoms with Gasteiger partial charge in [-0.25, -0.2) is 0 Å². The molecule has 5 heteroatoms. The highest BCUT2D eigenvalue weighted by Crippen LogP contribution is 2.32. The molecule has 1 saturated heterocycles. The summed E-state index contributed by atoms with van der Waals surface area (Å²) >= 11 is 0. The van der Waals surface area contributed by atoms with E-state index in [1.165, 1.54) is 19.4 Å². The van der Waals surface area contributed by atoms with E-state index in [-0.39, 0.29) is 5.91 Å². The second-order valence-electron chi connectivity index (χ2n) is 7.97. The van der Waals surface area contributed by atoms with Crippen molar-refractivity contribution < 1.29 is 4.79 Å². The Kier molecular flexibility index (Phi) is 4.50. The van der Waals surface area contributed by atoms with Crippen molar-refractivity contribution in [1.29, 1.82) is 0 Å². The van der Waals surface area contributed by atoms with Crippen molar-refractivity contribution in [2.24, 2.45) is 11.8 Å². The van der Waals surface area contributed by atoms with Gasteiger partial charge in [0.25, 0.3) is 5.91 Å². The fourth-order valence-corrected chi connectivity index (χ4v) is 4.01. The number of nitrogens with zero attached hydrogens (tertiary/aromatic N) is 3. The number of carbonyl (C=O) groups is 1. The highest BCUT2D eigenvalue weighted by atomic mass is 16.2. The van der Waals surface area contributed by atoms with E-state index in [9.17, 15) is 4.79 Å². The quantitative estimate of drug-likeness (QED) is 0.930. The van der Waals surface area contributed by atoms with E-state index in [2.05, 4.69) is 28.9 Å². The van der Waals surface area contributed by atoms with E-state index in [0.29, 0.717) is 17.7 Å². The van der Waals surface area contributed by atoms with Crippen LogP contribution < -0.4 is 0 Å². The largest absolute Gasteiger partial charge is 0.336 e. The topological polar surface area (TPSA) is 52.2 Å². The Morgan fingerprint density at radius 3 is 2.84 bits per heavy atom. The molecule has 1 amide bonds. The van der Waals surface area contributed by atoms with Gasteiger partial charge in [0.05, 0.1) is 5.52 Å². The third kappa shape index (κ3) is 3.43. The van der Waals surface area contributed by atoms with E-state index in [4.69, 9.17) is 0 Å². The second-order valence-corrected chi connectivity index (χ2v) is 7.97. The van der Waals surface area contributed by atoms with Gasteiger partial charge < -0.3 is 4.90 Å². The first-order chi connectivity index (χ1) is 12.1. The monoisotopic (exact) mass is 340 g/mol. The van der Waals surface area contributed by atoms with Crippen LogP contribution in [0.3, 0.4) is 0 Å². The normalized spacial score (nSPS) is 22.5. The Morgan fingerprint density at radius 2 is 2.08 bits per heavy atom. The van der Waals surface area contributed by atoms with Crippen molar-refractivity contribution >= 4 is 16.8 Å². The van der Waals surface area contributed by atoms with Crippen LogP contribution in [-0.4, -0.2) is 58.1 Å². The number of aromatic amines is 1. The molecule has 2 aliphatic rings. The van der Waals surface area contributed by atoms with E-state index < -0.39 is 0 Å². The van der Waals surface area contributed by atoms with Gasteiger partial charge in [0.2, 0.25) is 0 Å². The summed E-state index contributed by atoms with van der Waals surface area (Å²) in [7, 11) is 0. The van der Waals surface area contributed by atoms with E-state index in [1.54, 1.807) is 0 Å². The van der Waals surface area contributed by atoms with Gasteiger partial charge in [-0.1, -0.05) is 32.0 Å². The van der Waals surface area contributed by atoms with Crippen molar-refractivity contribution in [3.05, 3.63) is 30.0 Å². The molecule has 134 valence electrons. The molecule has 2 aromatic rings. The Hall–Kier alpha value is -1.88. The molecule has 1 aliphatic heterocycles. The molecule has 1 aromatic heterocycles. The van der Waals surface area contributed by atoms with Crippen molar-refractivity contribution in [3.8, 4) is 0 Å². The summed E-state index contributed by atoms with van der Waals surface area (Å²) in [5, 5.41) is 8.24. The number of H-pyrrole nitrogens is 1. The summed E-state index contributed by atoms with van der Waals surface area (Å²) in [4.78, 5) is 17.8. The number of fused-ring (bicyclic) bond motifs is 1. The van der Waals surface area contributed by atoms with Crippen molar-refractivity contribution in [2.45, 2.75) is 39.2 Å². The molecule has 1 atom stereocenters. The first-order valence-electron chi connectivity index (χ1n) is 9.60. The number of para-hydroxylation sites is 1. The molecule has 1 aliphatic carbocycles. The van der Waals surface area contributed by atoms with Crippen molar-refractivity contribution in [3.63, 3.8) is 0 Å². The van der Waals surface area contributed by atoms with Crippen LogP contribution in [0.25, 0.3) is 10.9 Å². The van der Waals surface area contributed by atoms with Gasteiger partial charge in [-0.05, 0) is 37.2 Å². The van der Waals surface area contributed by atoms with Gasteiger partial charge in [0.15, 0.2) is 5.69 Å². The third-order valence-corrected chi connectivity index (χ3v) is 5.67. The molecule has 0 bridgehead atoms. The maximum Gasteiger partial charge on any atom is 0.275 e. The van der Waals surface area contributed by atoms with Crippen molar-refractivity contribution in [2.75, 3.05) is 26.2 Å². The maximum atomic E-state index is 13.2. The summed E-state index contributed by atoms with van der Waals surface area (Å²) in [6.07, 6.45) is 3.80. The van der Waals surface area contributed by atoms with Gasteiger partial charge in [-0.2, -0.15) is 5.10 Å². The van der Waals surface area contributed by atoms with Gasteiger partial charge >= 0.3 is 0 Å². The Bertz CT molecular complexity index is 749. The highest BCUT2D eigenvalue weighted by Gasteiger charge is 2.34. The zero-order valence-corrected chi connectivity index (χ0v) is 15.2. The lowest BCUT2D eigenvalue weighted by Gasteiger charge is -2.34. The minimum atomic E-state index is 0.0661. The summed E-state index contributed by atoms with van der Waals surface area (Å²) in [5.41, 5.74) is 1.49.